The molecule has 1 heterocycles. The number of hydrogen-bond acceptors (Lipinski definition) is 2. The first-order valence-corrected chi connectivity index (χ1v) is 6.78. The summed E-state index contributed by atoms with van der Waals surface area (Å²) in [6.07, 6.45) is 4.10. The molecule has 0 aromatic carbocycles. The third kappa shape index (κ3) is 2.72. The maximum Gasteiger partial charge on any atom is 0.0594 e. The minimum Gasteiger partial charge on any atom is -0.379 e. The van der Waals surface area contributed by atoms with E-state index in [2.05, 4.69) is 28.0 Å². The highest BCUT2D eigenvalue weighted by Crippen LogP contribution is 2.41. The van der Waals surface area contributed by atoms with Gasteiger partial charge in [0.25, 0.3) is 0 Å². The summed E-state index contributed by atoms with van der Waals surface area (Å²) in [4.78, 5) is 2.64. The Labute approximate surface area is 95.9 Å². The molecule has 1 aliphatic carbocycles. The van der Waals surface area contributed by atoms with Crippen molar-refractivity contribution in [1.29, 1.82) is 0 Å². The molecular formula is C12H24NOP. The summed E-state index contributed by atoms with van der Waals surface area (Å²) in [6, 6.07) is 0.752. The molecule has 88 valence electrons. The zero-order valence-electron chi connectivity index (χ0n) is 10.0. The average Bonchev–Trinajstić information content (AvgIpc) is 2.17. The third-order valence-corrected chi connectivity index (χ3v) is 4.59. The SMILES string of the molecule is CC1CCC(N2CCOCC2)C(C)(P)C1. The van der Waals surface area contributed by atoms with Gasteiger partial charge in [-0.1, -0.05) is 13.8 Å². The van der Waals surface area contributed by atoms with Crippen molar-refractivity contribution in [2.24, 2.45) is 5.92 Å². The van der Waals surface area contributed by atoms with Crippen LogP contribution in [0.3, 0.4) is 0 Å². The molecule has 1 saturated heterocycles. The number of nitrogens with zero attached hydrogens (tertiary/aromatic N) is 1. The molecule has 0 aromatic rings. The van der Waals surface area contributed by atoms with Crippen molar-refractivity contribution in [1.82, 2.24) is 4.90 Å². The van der Waals surface area contributed by atoms with Gasteiger partial charge in [-0.2, -0.15) is 0 Å². The van der Waals surface area contributed by atoms with Crippen molar-refractivity contribution in [3.05, 3.63) is 0 Å². The van der Waals surface area contributed by atoms with Crippen LogP contribution in [0.4, 0.5) is 0 Å². The van der Waals surface area contributed by atoms with Gasteiger partial charge in [-0.15, -0.1) is 9.24 Å². The van der Waals surface area contributed by atoms with Crippen molar-refractivity contribution in [3.8, 4) is 0 Å². The van der Waals surface area contributed by atoms with E-state index in [9.17, 15) is 0 Å². The molecule has 4 unspecified atom stereocenters. The van der Waals surface area contributed by atoms with E-state index in [4.69, 9.17) is 4.74 Å². The van der Waals surface area contributed by atoms with Crippen LogP contribution in [0.5, 0.6) is 0 Å². The normalized spacial score (nSPS) is 44.2. The lowest BCUT2D eigenvalue weighted by Crippen LogP contribution is -2.54. The van der Waals surface area contributed by atoms with Crippen LogP contribution in [-0.2, 0) is 4.74 Å². The topological polar surface area (TPSA) is 12.5 Å². The average molecular weight is 229 g/mol. The molecule has 0 aromatic heterocycles. The standard InChI is InChI=1S/C12H24NOP/c1-10-3-4-11(12(2,15)9-10)13-5-7-14-8-6-13/h10-11H,3-9,15H2,1-2H3. The van der Waals surface area contributed by atoms with Crippen LogP contribution in [0.15, 0.2) is 0 Å². The summed E-state index contributed by atoms with van der Waals surface area (Å²) in [5.74, 6) is 0.893. The predicted molar refractivity (Wildman–Crippen MR) is 67.3 cm³/mol. The number of rotatable bonds is 1. The molecule has 2 aliphatic rings. The van der Waals surface area contributed by atoms with Crippen molar-refractivity contribution >= 4 is 9.24 Å². The van der Waals surface area contributed by atoms with Gasteiger partial charge in [0, 0.05) is 19.1 Å². The molecule has 15 heavy (non-hydrogen) atoms. The molecule has 1 saturated carbocycles. The highest BCUT2D eigenvalue weighted by Gasteiger charge is 2.39. The van der Waals surface area contributed by atoms with Crippen LogP contribution < -0.4 is 0 Å². The first-order valence-electron chi connectivity index (χ1n) is 6.20. The smallest absolute Gasteiger partial charge is 0.0594 e. The Morgan fingerprint density at radius 1 is 1.27 bits per heavy atom. The highest BCUT2D eigenvalue weighted by atomic mass is 31.0. The van der Waals surface area contributed by atoms with E-state index in [1.165, 1.54) is 19.3 Å². The summed E-state index contributed by atoms with van der Waals surface area (Å²) in [7, 11) is 3.12. The quantitative estimate of drug-likeness (QED) is 0.639. The van der Waals surface area contributed by atoms with Crippen molar-refractivity contribution in [2.75, 3.05) is 26.3 Å². The lowest BCUT2D eigenvalue weighted by atomic mass is 9.78. The first-order chi connectivity index (χ1) is 7.09. The van der Waals surface area contributed by atoms with E-state index in [1.807, 2.05) is 0 Å². The minimum absolute atomic E-state index is 0.412. The molecule has 1 aliphatic heterocycles. The molecule has 0 bridgehead atoms. The molecule has 0 N–H and O–H groups in total. The van der Waals surface area contributed by atoms with Crippen LogP contribution in [0.1, 0.15) is 33.1 Å². The van der Waals surface area contributed by atoms with Gasteiger partial charge in [-0.25, -0.2) is 0 Å². The van der Waals surface area contributed by atoms with Gasteiger partial charge in [0.2, 0.25) is 0 Å². The molecular weight excluding hydrogens is 205 g/mol. The lowest BCUT2D eigenvalue weighted by molar-refractivity contribution is -0.00313. The summed E-state index contributed by atoms with van der Waals surface area (Å²) in [6.45, 7) is 8.90. The van der Waals surface area contributed by atoms with Crippen molar-refractivity contribution in [2.45, 2.75) is 44.3 Å². The van der Waals surface area contributed by atoms with Gasteiger partial charge in [-0.3, -0.25) is 4.90 Å². The van der Waals surface area contributed by atoms with Gasteiger partial charge < -0.3 is 4.74 Å². The number of hydrogen-bond donors (Lipinski definition) is 0. The van der Waals surface area contributed by atoms with Crippen molar-refractivity contribution in [3.63, 3.8) is 0 Å². The Morgan fingerprint density at radius 2 is 1.93 bits per heavy atom. The van der Waals surface area contributed by atoms with E-state index < -0.39 is 0 Å². The molecule has 3 heteroatoms. The first kappa shape index (κ1) is 11.8. The van der Waals surface area contributed by atoms with Gasteiger partial charge in [-0.05, 0) is 30.3 Å². The molecule has 2 fully saturated rings. The maximum absolute atomic E-state index is 5.43. The molecule has 4 atom stereocenters. The second kappa shape index (κ2) is 4.69. The summed E-state index contributed by atoms with van der Waals surface area (Å²) in [5.41, 5.74) is 0. The lowest BCUT2D eigenvalue weighted by Gasteiger charge is -2.48. The van der Waals surface area contributed by atoms with E-state index in [0.29, 0.717) is 5.16 Å². The van der Waals surface area contributed by atoms with E-state index >= 15 is 0 Å². The zero-order chi connectivity index (χ0) is 10.9. The fourth-order valence-corrected chi connectivity index (χ4v) is 4.03. The van der Waals surface area contributed by atoms with E-state index in [0.717, 1.165) is 38.3 Å². The Kier molecular flexibility index (Phi) is 3.70. The van der Waals surface area contributed by atoms with Crippen molar-refractivity contribution < 1.29 is 4.74 Å². The molecule has 0 spiro atoms. The summed E-state index contributed by atoms with van der Waals surface area (Å²) < 4.78 is 5.43. The minimum atomic E-state index is 0.412. The van der Waals surface area contributed by atoms with Crippen LogP contribution >= 0.6 is 9.24 Å². The van der Waals surface area contributed by atoms with Crippen LogP contribution in [0, 0.1) is 5.92 Å². The highest BCUT2D eigenvalue weighted by molar-refractivity contribution is 7.19. The Hall–Kier alpha value is 0.350. The second-order valence-corrected chi connectivity index (χ2v) is 6.88. The van der Waals surface area contributed by atoms with Gasteiger partial charge in [0.05, 0.1) is 13.2 Å². The third-order valence-electron chi connectivity index (χ3n) is 3.97. The monoisotopic (exact) mass is 229 g/mol. The fourth-order valence-electron chi connectivity index (χ4n) is 3.25. The molecule has 0 radical (unpaired) electrons. The molecule has 0 amide bonds. The Morgan fingerprint density at radius 3 is 2.53 bits per heavy atom. The van der Waals surface area contributed by atoms with Gasteiger partial charge in [0.1, 0.15) is 0 Å². The number of morpholine rings is 1. The van der Waals surface area contributed by atoms with Crippen LogP contribution in [-0.4, -0.2) is 42.4 Å². The summed E-state index contributed by atoms with van der Waals surface area (Å²) >= 11 is 0. The summed E-state index contributed by atoms with van der Waals surface area (Å²) in [5, 5.41) is 0.412. The number of ether oxygens (including phenoxy) is 1. The van der Waals surface area contributed by atoms with Gasteiger partial charge in [0.15, 0.2) is 0 Å². The second-order valence-electron chi connectivity index (χ2n) is 5.56. The van der Waals surface area contributed by atoms with E-state index in [-0.39, 0.29) is 0 Å². The van der Waals surface area contributed by atoms with Crippen LogP contribution in [0.25, 0.3) is 0 Å². The fraction of sp³-hybridized carbons (Fsp3) is 1.00. The largest absolute Gasteiger partial charge is 0.379 e. The maximum atomic E-state index is 5.43. The Balaban J connectivity index is 2.00. The predicted octanol–water partition coefficient (Wildman–Crippen LogP) is 2.14. The molecule has 2 nitrogen and oxygen atoms in total. The van der Waals surface area contributed by atoms with E-state index in [1.54, 1.807) is 0 Å². The van der Waals surface area contributed by atoms with Crippen LogP contribution in [0.2, 0.25) is 0 Å². The Bertz CT molecular complexity index is 214. The zero-order valence-corrected chi connectivity index (χ0v) is 11.2. The van der Waals surface area contributed by atoms with Gasteiger partial charge >= 0.3 is 0 Å². The molecule has 2 rings (SSSR count).